The lowest BCUT2D eigenvalue weighted by molar-refractivity contribution is -0.130. The van der Waals surface area contributed by atoms with Crippen molar-refractivity contribution in [3.63, 3.8) is 0 Å². The molecular weight excluding hydrogens is 254 g/mol. The number of carbonyl (C=O) groups excluding carboxylic acids is 1. The zero-order valence-corrected chi connectivity index (χ0v) is 12.8. The van der Waals surface area contributed by atoms with Gasteiger partial charge in [-0.05, 0) is 30.7 Å². The third-order valence-electron chi connectivity index (χ3n) is 3.10. The van der Waals surface area contributed by atoms with Gasteiger partial charge in [0.15, 0.2) is 0 Å². The Hall–Kier alpha value is -1.75. The zero-order valence-electron chi connectivity index (χ0n) is 12.8. The van der Waals surface area contributed by atoms with Gasteiger partial charge in [0.25, 0.3) is 0 Å². The fourth-order valence-corrected chi connectivity index (χ4v) is 2.00. The number of carbonyl (C=O) groups is 1. The Morgan fingerprint density at radius 1 is 1.35 bits per heavy atom. The number of nitrogen functional groups attached to an aromatic ring is 1. The van der Waals surface area contributed by atoms with Gasteiger partial charge in [0.2, 0.25) is 5.91 Å². The van der Waals surface area contributed by atoms with Crippen molar-refractivity contribution < 1.29 is 9.53 Å². The number of anilines is 1. The van der Waals surface area contributed by atoms with Crippen molar-refractivity contribution >= 4 is 11.6 Å². The number of amides is 1. The van der Waals surface area contributed by atoms with E-state index in [2.05, 4.69) is 11.8 Å². The molecule has 20 heavy (non-hydrogen) atoms. The maximum atomic E-state index is 11.8. The minimum Gasteiger partial charge on any atom is -0.495 e. The van der Waals surface area contributed by atoms with Crippen LogP contribution in [0.3, 0.4) is 0 Å². The topological polar surface area (TPSA) is 58.8 Å². The van der Waals surface area contributed by atoms with Crippen LogP contribution in [0, 0.1) is 0 Å². The van der Waals surface area contributed by atoms with Crippen molar-refractivity contribution in [2.24, 2.45) is 0 Å². The maximum absolute atomic E-state index is 11.8. The van der Waals surface area contributed by atoms with E-state index < -0.39 is 0 Å². The van der Waals surface area contributed by atoms with Gasteiger partial charge in [-0.2, -0.15) is 0 Å². The van der Waals surface area contributed by atoms with Crippen molar-refractivity contribution in [1.82, 2.24) is 9.80 Å². The Balaban J connectivity index is 2.74. The van der Waals surface area contributed by atoms with E-state index in [0.29, 0.717) is 24.5 Å². The average Bonchev–Trinajstić information content (AvgIpc) is 2.39. The molecule has 0 heterocycles. The van der Waals surface area contributed by atoms with Crippen LogP contribution in [-0.2, 0) is 11.3 Å². The smallest absolute Gasteiger partial charge is 0.236 e. The SMILES string of the molecule is CCCN(CC(=O)N(C)C)Cc1ccc(OC)c(N)c1. The number of hydrogen-bond acceptors (Lipinski definition) is 4. The Kier molecular flexibility index (Phi) is 6.31. The van der Waals surface area contributed by atoms with Crippen molar-refractivity contribution in [1.29, 1.82) is 0 Å². The third-order valence-corrected chi connectivity index (χ3v) is 3.10. The first-order valence-corrected chi connectivity index (χ1v) is 6.82. The number of benzene rings is 1. The summed E-state index contributed by atoms with van der Waals surface area (Å²) in [4.78, 5) is 15.6. The molecule has 1 aromatic rings. The molecule has 0 aliphatic rings. The van der Waals surface area contributed by atoms with Gasteiger partial charge < -0.3 is 15.4 Å². The second-order valence-electron chi connectivity index (χ2n) is 5.08. The number of nitrogens with zero attached hydrogens (tertiary/aromatic N) is 2. The molecule has 1 rings (SSSR count). The molecule has 0 aliphatic carbocycles. The molecule has 0 fully saturated rings. The number of rotatable bonds is 7. The first-order chi connectivity index (χ1) is 9.47. The fourth-order valence-electron chi connectivity index (χ4n) is 2.00. The average molecular weight is 279 g/mol. The molecule has 0 radical (unpaired) electrons. The second-order valence-corrected chi connectivity index (χ2v) is 5.08. The van der Waals surface area contributed by atoms with E-state index in [-0.39, 0.29) is 5.91 Å². The van der Waals surface area contributed by atoms with E-state index in [0.717, 1.165) is 18.5 Å². The predicted octanol–water partition coefficient (Wildman–Crippen LogP) is 1.58. The maximum Gasteiger partial charge on any atom is 0.236 e. The first kappa shape index (κ1) is 16.3. The molecule has 0 bridgehead atoms. The molecule has 0 aromatic heterocycles. The molecular formula is C15H25N3O2. The summed E-state index contributed by atoms with van der Waals surface area (Å²) in [6.45, 7) is 4.12. The van der Waals surface area contributed by atoms with Crippen LogP contribution in [0.1, 0.15) is 18.9 Å². The van der Waals surface area contributed by atoms with E-state index in [4.69, 9.17) is 10.5 Å². The van der Waals surface area contributed by atoms with Gasteiger partial charge >= 0.3 is 0 Å². The summed E-state index contributed by atoms with van der Waals surface area (Å²) < 4.78 is 5.15. The molecule has 5 heteroatoms. The molecule has 0 saturated carbocycles. The molecule has 0 spiro atoms. The summed E-state index contributed by atoms with van der Waals surface area (Å²) in [5.41, 5.74) is 7.62. The van der Waals surface area contributed by atoms with E-state index in [1.165, 1.54) is 0 Å². The highest BCUT2D eigenvalue weighted by molar-refractivity contribution is 5.77. The molecule has 5 nitrogen and oxygen atoms in total. The fraction of sp³-hybridized carbons (Fsp3) is 0.533. The number of nitrogens with two attached hydrogens (primary N) is 1. The number of hydrogen-bond donors (Lipinski definition) is 1. The van der Waals surface area contributed by atoms with Gasteiger partial charge in [0, 0.05) is 20.6 Å². The summed E-state index contributed by atoms with van der Waals surface area (Å²) in [5.74, 6) is 0.792. The monoisotopic (exact) mass is 279 g/mol. The van der Waals surface area contributed by atoms with Gasteiger partial charge in [0.1, 0.15) is 5.75 Å². The van der Waals surface area contributed by atoms with Crippen LogP contribution in [0.2, 0.25) is 0 Å². The lowest BCUT2D eigenvalue weighted by atomic mass is 10.1. The zero-order chi connectivity index (χ0) is 15.1. The van der Waals surface area contributed by atoms with E-state index in [1.54, 1.807) is 26.1 Å². The van der Waals surface area contributed by atoms with Gasteiger partial charge in [0.05, 0.1) is 19.3 Å². The Morgan fingerprint density at radius 2 is 2.05 bits per heavy atom. The quantitative estimate of drug-likeness (QED) is 0.770. The highest BCUT2D eigenvalue weighted by atomic mass is 16.5. The Morgan fingerprint density at radius 3 is 2.55 bits per heavy atom. The summed E-state index contributed by atoms with van der Waals surface area (Å²) in [6.07, 6.45) is 1.01. The Bertz CT molecular complexity index is 447. The lowest BCUT2D eigenvalue weighted by Crippen LogP contribution is -2.36. The van der Waals surface area contributed by atoms with Crippen LogP contribution < -0.4 is 10.5 Å². The molecule has 112 valence electrons. The molecule has 0 saturated heterocycles. The normalized spacial score (nSPS) is 10.7. The summed E-state index contributed by atoms with van der Waals surface area (Å²) >= 11 is 0. The van der Waals surface area contributed by atoms with Gasteiger partial charge in [-0.1, -0.05) is 13.0 Å². The Labute approximate surface area is 121 Å². The summed E-state index contributed by atoms with van der Waals surface area (Å²) in [6, 6.07) is 5.75. The van der Waals surface area contributed by atoms with Crippen molar-refractivity contribution in [2.45, 2.75) is 19.9 Å². The number of ether oxygens (including phenoxy) is 1. The van der Waals surface area contributed by atoms with Crippen LogP contribution in [-0.4, -0.2) is 50.0 Å². The van der Waals surface area contributed by atoms with Crippen molar-refractivity contribution in [3.05, 3.63) is 23.8 Å². The predicted molar refractivity (Wildman–Crippen MR) is 81.7 cm³/mol. The van der Waals surface area contributed by atoms with Gasteiger partial charge in [-0.25, -0.2) is 0 Å². The molecule has 1 aromatic carbocycles. The van der Waals surface area contributed by atoms with E-state index in [9.17, 15) is 4.79 Å². The number of likely N-dealkylation sites (N-methyl/N-ethyl adjacent to an activating group) is 1. The standard InChI is InChI=1S/C15H25N3O2/c1-5-8-18(11-15(19)17(2)3)10-12-6-7-14(20-4)13(16)9-12/h6-7,9H,5,8,10-11,16H2,1-4H3. The summed E-state index contributed by atoms with van der Waals surface area (Å²) in [5, 5.41) is 0. The molecule has 1 amide bonds. The highest BCUT2D eigenvalue weighted by Crippen LogP contribution is 2.22. The van der Waals surface area contributed by atoms with Crippen LogP contribution in [0.4, 0.5) is 5.69 Å². The van der Waals surface area contributed by atoms with Gasteiger partial charge in [-0.15, -0.1) is 0 Å². The number of methoxy groups -OCH3 is 1. The lowest BCUT2D eigenvalue weighted by Gasteiger charge is -2.23. The molecule has 0 atom stereocenters. The van der Waals surface area contributed by atoms with Gasteiger partial charge in [-0.3, -0.25) is 9.69 Å². The highest BCUT2D eigenvalue weighted by Gasteiger charge is 2.12. The first-order valence-electron chi connectivity index (χ1n) is 6.82. The van der Waals surface area contributed by atoms with Crippen LogP contribution in [0.25, 0.3) is 0 Å². The minimum absolute atomic E-state index is 0.111. The van der Waals surface area contributed by atoms with Crippen molar-refractivity contribution in [3.8, 4) is 5.75 Å². The molecule has 0 aliphatic heterocycles. The summed E-state index contributed by atoms with van der Waals surface area (Å²) in [7, 11) is 5.15. The molecule has 2 N–H and O–H groups in total. The van der Waals surface area contributed by atoms with Crippen molar-refractivity contribution in [2.75, 3.05) is 40.0 Å². The largest absolute Gasteiger partial charge is 0.495 e. The molecule has 0 unspecified atom stereocenters. The van der Waals surface area contributed by atoms with Crippen LogP contribution in [0.15, 0.2) is 18.2 Å². The minimum atomic E-state index is 0.111. The van der Waals surface area contributed by atoms with Crippen LogP contribution in [0.5, 0.6) is 5.75 Å². The van der Waals surface area contributed by atoms with Crippen LogP contribution >= 0.6 is 0 Å². The third kappa shape index (κ3) is 4.74. The van der Waals surface area contributed by atoms with E-state index in [1.807, 2.05) is 18.2 Å². The second kappa shape index (κ2) is 7.75. The van der Waals surface area contributed by atoms with E-state index >= 15 is 0 Å².